The molecule has 0 fully saturated rings. The second-order valence-electron chi connectivity index (χ2n) is 14.2. The van der Waals surface area contributed by atoms with E-state index in [0.717, 1.165) is 8.61 Å². The van der Waals surface area contributed by atoms with Crippen molar-refractivity contribution >= 4 is 31.6 Å². The molecule has 22 heteroatoms. The summed E-state index contributed by atoms with van der Waals surface area (Å²) in [6.45, 7) is 6.11. The fourth-order valence-corrected chi connectivity index (χ4v) is 9.77. The third-order valence-corrected chi connectivity index (χ3v) is 13.0. The lowest BCUT2D eigenvalue weighted by molar-refractivity contribution is -0.127. The average Bonchev–Trinajstić information content (AvgIpc) is 3.89. The maximum atomic E-state index is 13.8. The molecule has 2 aromatic carbocycles. The zero-order chi connectivity index (χ0) is 44.0. The lowest BCUT2D eigenvalue weighted by Crippen LogP contribution is -2.48. The summed E-state index contributed by atoms with van der Waals surface area (Å²) in [4.78, 5) is 25.5. The highest BCUT2D eigenvalue weighted by molar-refractivity contribution is 7.89. The quantitative estimate of drug-likeness (QED) is 0.0799. The first-order chi connectivity index (χ1) is 28.6. The van der Waals surface area contributed by atoms with Crippen LogP contribution >= 0.6 is 0 Å². The van der Waals surface area contributed by atoms with E-state index in [4.69, 9.17) is 18.9 Å². The van der Waals surface area contributed by atoms with Crippen LogP contribution in [0.5, 0.6) is 11.5 Å². The topological polar surface area (TPSA) is 248 Å². The van der Waals surface area contributed by atoms with E-state index in [0.29, 0.717) is 11.5 Å². The zero-order valence-electron chi connectivity index (χ0n) is 34.5. The van der Waals surface area contributed by atoms with Gasteiger partial charge in [-0.15, -0.1) is 10.2 Å². The molecule has 0 saturated heterocycles. The van der Waals surface area contributed by atoms with Gasteiger partial charge in [-0.2, -0.15) is 8.61 Å². The van der Waals surface area contributed by atoms with Crippen molar-refractivity contribution in [2.75, 3.05) is 53.9 Å². The molecule has 0 aliphatic heterocycles. The number of benzene rings is 2. The van der Waals surface area contributed by atoms with Gasteiger partial charge in [0.25, 0.3) is 0 Å². The number of aromatic nitrogens is 6. The van der Waals surface area contributed by atoms with E-state index in [1.54, 1.807) is 40.1 Å². The maximum absolute atomic E-state index is 13.8. The maximum Gasteiger partial charge on any atom is 0.244 e. The molecule has 0 unspecified atom stereocenters. The summed E-state index contributed by atoms with van der Waals surface area (Å²) in [5, 5.41) is 35.8. The molecular formula is C38H54N8O12S2. The Hall–Kier alpha value is -4.68. The summed E-state index contributed by atoms with van der Waals surface area (Å²) >= 11 is 0. The molecule has 2 aromatic heterocycles. The van der Waals surface area contributed by atoms with Crippen molar-refractivity contribution in [1.82, 2.24) is 38.6 Å². The standard InChI is InChI=1S/C38H54N8O12S2/c1-27(2)37(35(49)25-47)45(59(51,52)33-11-7-31(55-5)8-12-33)23-29-21-43(41-39-29)15-17-57-19-20-58-18-16-44-22-30(40-42-44)24-46(38(28(3)4)36(50)26-48)60(53,54)34-13-9-32(56-6)10-14-34/h7-14,21-22,27-28,37-38,47-48H,15-20,23-26H2,1-6H3/t37-,38+. The minimum Gasteiger partial charge on any atom is -0.497 e. The fourth-order valence-electron chi connectivity index (χ4n) is 6.35. The van der Waals surface area contributed by atoms with Crippen molar-refractivity contribution < 1.29 is 55.6 Å². The van der Waals surface area contributed by atoms with Gasteiger partial charge in [0, 0.05) is 12.4 Å². The first kappa shape index (κ1) is 48.0. The van der Waals surface area contributed by atoms with Gasteiger partial charge < -0.3 is 29.2 Å². The number of nitrogens with zero attached hydrogens (tertiary/aromatic N) is 8. The van der Waals surface area contributed by atoms with Gasteiger partial charge in [0.1, 0.15) is 24.7 Å². The molecule has 2 heterocycles. The van der Waals surface area contributed by atoms with Crippen LogP contribution in [-0.2, 0) is 65.3 Å². The zero-order valence-corrected chi connectivity index (χ0v) is 36.2. The van der Waals surface area contributed by atoms with Gasteiger partial charge in [0.15, 0.2) is 11.6 Å². The Balaban J connectivity index is 1.28. The minimum absolute atomic E-state index is 0.0526. The van der Waals surface area contributed by atoms with Crippen LogP contribution in [0.2, 0.25) is 0 Å². The Labute approximate surface area is 350 Å². The summed E-state index contributed by atoms with van der Waals surface area (Å²) in [6.07, 6.45) is 3.12. The number of methoxy groups -OCH3 is 2. The Bertz CT molecular complexity index is 2040. The van der Waals surface area contributed by atoms with Gasteiger partial charge in [-0.1, -0.05) is 38.1 Å². The van der Waals surface area contributed by atoms with E-state index in [2.05, 4.69) is 20.6 Å². The molecule has 4 rings (SSSR count). The number of sulfonamides is 2. The number of ether oxygens (including phenoxy) is 4. The van der Waals surface area contributed by atoms with Gasteiger partial charge in [-0.05, 0) is 60.4 Å². The number of hydrogen-bond donors (Lipinski definition) is 2. The Morgan fingerprint density at radius 3 is 1.27 bits per heavy atom. The molecule has 330 valence electrons. The summed E-state index contributed by atoms with van der Waals surface area (Å²) in [5.74, 6) is -1.29. The molecule has 20 nitrogen and oxygen atoms in total. The van der Waals surface area contributed by atoms with Crippen molar-refractivity contribution in [3.63, 3.8) is 0 Å². The van der Waals surface area contributed by atoms with Crippen LogP contribution in [-0.4, -0.2) is 143 Å². The number of hydrogen-bond acceptors (Lipinski definition) is 16. The first-order valence-corrected chi connectivity index (χ1v) is 22.0. The molecule has 0 spiro atoms. The fraction of sp³-hybridized carbons (Fsp3) is 0.526. The van der Waals surface area contributed by atoms with Gasteiger partial charge in [-0.3, -0.25) is 9.59 Å². The second-order valence-corrected chi connectivity index (χ2v) is 18.0. The summed E-state index contributed by atoms with van der Waals surface area (Å²) < 4.78 is 82.0. The van der Waals surface area contributed by atoms with Crippen LogP contribution in [0.15, 0.2) is 70.7 Å². The van der Waals surface area contributed by atoms with Crippen LogP contribution in [0.4, 0.5) is 0 Å². The van der Waals surface area contributed by atoms with E-state index in [9.17, 15) is 36.6 Å². The van der Waals surface area contributed by atoms with Crippen molar-refractivity contribution in [2.45, 2.75) is 75.7 Å². The predicted molar refractivity (Wildman–Crippen MR) is 215 cm³/mol. The molecule has 2 N–H and O–H groups in total. The first-order valence-electron chi connectivity index (χ1n) is 19.1. The number of carbonyl (C=O) groups excluding carboxylic acids is 2. The third kappa shape index (κ3) is 12.4. The van der Waals surface area contributed by atoms with E-state index in [-0.39, 0.29) is 73.8 Å². The van der Waals surface area contributed by atoms with E-state index < -0.39 is 68.7 Å². The predicted octanol–water partition coefficient (Wildman–Crippen LogP) is 1.17. The largest absolute Gasteiger partial charge is 0.497 e. The molecule has 0 bridgehead atoms. The monoisotopic (exact) mass is 878 g/mol. The molecule has 0 radical (unpaired) electrons. The van der Waals surface area contributed by atoms with Crippen LogP contribution in [0.1, 0.15) is 39.1 Å². The number of Topliss-reactive ketones (excluding diaryl/α,β-unsaturated/α-hetero) is 2. The molecule has 0 amide bonds. The Kier molecular flexibility index (Phi) is 17.8. The number of carbonyl (C=O) groups is 2. The SMILES string of the molecule is COc1ccc(S(=O)(=O)N(Cc2cn(CCOCCOCCn3cc(CN([C@@H](C(=O)CO)C(C)C)S(=O)(=O)c4ccc(OC)cc4)nn3)nn2)[C@H](C(=O)CO)C(C)C)cc1. The molecule has 0 aliphatic carbocycles. The van der Waals surface area contributed by atoms with Crippen molar-refractivity contribution in [1.29, 1.82) is 0 Å². The second kappa shape index (κ2) is 22.2. The Morgan fingerprint density at radius 1 is 0.617 bits per heavy atom. The normalized spacial score (nSPS) is 13.3. The van der Waals surface area contributed by atoms with Crippen LogP contribution in [0.3, 0.4) is 0 Å². The smallest absolute Gasteiger partial charge is 0.244 e. The van der Waals surface area contributed by atoms with Crippen molar-refractivity contribution in [2.24, 2.45) is 11.8 Å². The number of rotatable bonds is 27. The van der Waals surface area contributed by atoms with Gasteiger partial charge in [-0.25, -0.2) is 26.2 Å². The van der Waals surface area contributed by atoms with Crippen molar-refractivity contribution in [3.05, 3.63) is 72.3 Å². The summed E-state index contributed by atoms with van der Waals surface area (Å²) in [5.41, 5.74) is 0.570. The Morgan fingerprint density at radius 2 is 0.967 bits per heavy atom. The van der Waals surface area contributed by atoms with Crippen LogP contribution in [0, 0.1) is 11.8 Å². The number of ketones is 2. The van der Waals surface area contributed by atoms with Crippen molar-refractivity contribution in [3.8, 4) is 11.5 Å². The summed E-state index contributed by atoms with van der Waals surface area (Å²) in [6, 6.07) is 9.24. The summed E-state index contributed by atoms with van der Waals surface area (Å²) in [7, 11) is -5.52. The molecule has 0 saturated carbocycles. The molecular weight excluding hydrogens is 825 g/mol. The highest BCUT2D eigenvalue weighted by Crippen LogP contribution is 2.28. The molecule has 0 aliphatic rings. The number of aliphatic hydroxyl groups is 2. The van der Waals surface area contributed by atoms with Crippen LogP contribution < -0.4 is 9.47 Å². The average molecular weight is 879 g/mol. The van der Waals surface area contributed by atoms with E-state index in [1.165, 1.54) is 72.1 Å². The molecule has 2 atom stereocenters. The number of aliphatic hydroxyl groups excluding tert-OH is 2. The van der Waals surface area contributed by atoms with Crippen LogP contribution in [0.25, 0.3) is 0 Å². The van der Waals surface area contributed by atoms with E-state index >= 15 is 0 Å². The molecule has 4 aromatic rings. The highest BCUT2D eigenvalue weighted by atomic mass is 32.2. The molecule has 60 heavy (non-hydrogen) atoms. The minimum atomic E-state index is -4.22. The van der Waals surface area contributed by atoms with Gasteiger partial charge in [0.05, 0.1) is 100 Å². The van der Waals surface area contributed by atoms with Gasteiger partial charge >= 0.3 is 0 Å². The highest BCUT2D eigenvalue weighted by Gasteiger charge is 2.39. The van der Waals surface area contributed by atoms with Gasteiger partial charge in [0.2, 0.25) is 20.0 Å². The third-order valence-electron chi connectivity index (χ3n) is 9.30. The van der Waals surface area contributed by atoms with E-state index in [1.807, 2.05) is 0 Å². The lowest BCUT2D eigenvalue weighted by Gasteiger charge is -2.31. The lowest BCUT2D eigenvalue weighted by atomic mass is 10.00.